The molecule has 0 unspecified atom stereocenters. The Hall–Kier alpha value is -2.80. The second-order valence-corrected chi connectivity index (χ2v) is 9.80. The Morgan fingerprint density at radius 2 is 1.63 bits per heavy atom. The van der Waals surface area contributed by atoms with Crippen molar-refractivity contribution in [2.75, 3.05) is 0 Å². The molecule has 1 aromatic heterocycles. The van der Waals surface area contributed by atoms with E-state index in [2.05, 4.69) is 5.16 Å². The Morgan fingerprint density at radius 1 is 0.974 bits per heavy atom. The maximum atomic E-state index is 11.5. The zero-order valence-corrected chi connectivity index (χ0v) is 24.7. The molecule has 0 atom stereocenters. The minimum absolute atomic E-state index is 0. The van der Waals surface area contributed by atoms with Gasteiger partial charge in [0, 0.05) is 11.5 Å². The fraction of sp³-hybridized carbons (Fsp3) is 0.133. The van der Waals surface area contributed by atoms with E-state index in [1.165, 1.54) is 0 Å². The number of fused-ring (bicyclic) bond motifs is 1. The van der Waals surface area contributed by atoms with Crippen molar-refractivity contribution in [3.05, 3.63) is 106 Å². The summed E-state index contributed by atoms with van der Waals surface area (Å²) in [5.74, 6) is 0.565. The molecule has 0 fully saturated rings. The summed E-state index contributed by atoms with van der Waals surface area (Å²) in [4.78, 5) is 11.5. The fourth-order valence-electron chi connectivity index (χ4n) is 4.38. The van der Waals surface area contributed by atoms with Crippen molar-refractivity contribution >= 4 is 39.9 Å². The molecule has 188 valence electrons. The first-order chi connectivity index (χ1) is 17.8. The van der Waals surface area contributed by atoms with Gasteiger partial charge in [-0.2, -0.15) is 0 Å². The molecule has 0 spiro atoms. The van der Waals surface area contributed by atoms with Gasteiger partial charge < -0.3 is 15.8 Å². The molecule has 0 aliphatic carbocycles. The number of carbonyl (C=O) groups is 1. The van der Waals surface area contributed by atoms with Gasteiger partial charge in [-0.1, -0.05) is 84.7 Å². The van der Waals surface area contributed by atoms with Gasteiger partial charge in [0.05, 0.1) is 21.2 Å². The normalized spacial score (nSPS) is 11.0. The summed E-state index contributed by atoms with van der Waals surface area (Å²) in [6, 6.07) is 24.1. The Bertz CT molecular complexity index is 1600. The molecule has 5 rings (SSSR count). The standard InChI is InChI=1S/C30H23Cl2NO4.Na.H/c1-17(2)29-24(28(33-37-29)27-25(31)7-4-8-26(27)32)16-36-21-12-9-18(10-13-21)19-11-14-22-20(15-19)5-3-6-23(22)30(34)35;;/h3-15,17H,16H2,1-2H3,(H,34,35);;/q;+1;-1. The number of hydrogen-bond donors (Lipinski definition) is 1. The van der Waals surface area contributed by atoms with Crippen LogP contribution in [0, 0.1) is 0 Å². The molecule has 8 heteroatoms. The smallest absolute Gasteiger partial charge is 1.00 e. The number of aromatic nitrogens is 1. The van der Waals surface area contributed by atoms with Crippen molar-refractivity contribution in [1.82, 2.24) is 5.16 Å². The van der Waals surface area contributed by atoms with Crippen LogP contribution in [0.25, 0.3) is 33.2 Å². The summed E-state index contributed by atoms with van der Waals surface area (Å²) in [7, 11) is 0. The summed E-state index contributed by atoms with van der Waals surface area (Å²) in [6.07, 6.45) is 0. The number of rotatable bonds is 7. The second kappa shape index (κ2) is 11.9. The average molecular weight is 556 g/mol. The van der Waals surface area contributed by atoms with Crippen LogP contribution in [0.5, 0.6) is 5.75 Å². The van der Waals surface area contributed by atoms with E-state index < -0.39 is 5.97 Å². The SMILES string of the molecule is CC(C)c1onc(-c2c(Cl)cccc2Cl)c1COc1ccc(-c2ccc3c(C(=O)O)cccc3c2)cc1.[H-].[Na+]. The van der Waals surface area contributed by atoms with E-state index in [9.17, 15) is 9.90 Å². The van der Waals surface area contributed by atoms with Crippen molar-refractivity contribution in [2.24, 2.45) is 0 Å². The molecule has 0 aliphatic heterocycles. The third-order valence-electron chi connectivity index (χ3n) is 6.22. The molecule has 0 radical (unpaired) electrons. The molecular weight excluding hydrogens is 532 g/mol. The number of carboxylic acid groups (broad SMARTS) is 1. The van der Waals surface area contributed by atoms with E-state index in [0.29, 0.717) is 38.0 Å². The number of ether oxygens (including phenoxy) is 1. The molecule has 38 heavy (non-hydrogen) atoms. The Balaban J connectivity index is 0.00000210. The number of hydrogen-bond acceptors (Lipinski definition) is 4. The number of aromatic carboxylic acids is 1. The van der Waals surface area contributed by atoms with E-state index in [4.69, 9.17) is 32.5 Å². The Labute approximate surface area is 254 Å². The first-order valence-electron chi connectivity index (χ1n) is 11.8. The molecule has 1 N–H and O–H groups in total. The van der Waals surface area contributed by atoms with Crippen LogP contribution in [-0.4, -0.2) is 16.2 Å². The number of nitrogens with zero attached hydrogens (tertiary/aromatic N) is 1. The monoisotopic (exact) mass is 555 g/mol. The van der Waals surface area contributed by atoms with Crippen LogP contribution in [0.2, 0.25) is 10.0 Å². The van der Waals surface area contributed by atoms with Crippen LogP contribution in [0.15, 0.2) is 83.4 Å². The number of benzene rings is 4. The van der Waals surface area contributed by atoms with Gasteiger partial charge in [-0.25, -0.2) is 4.79 Å². The van der Waals surface area contributed by atoms with Crippen LogP contribution < -0.4 is 34.3 Å². The summed E-state index contributed by atoms with van der Waals surface area (Å²) in [5.41, 5.74) is 4.27. The summed E-state index contributed by atoms with van der Waals surface area (Å²) < 4.78 is 11.8. The number of halogens is 2. The molecule has 1 heterocycles. The molecule has 0 amide bonds. The zero-order chi connectivity index (χ0) is 26.1. The van der Waals surface area contributed by atoms with E-state index in [1.807, 2.05) is 62.4 Å². The van der Waals surface area contributed by atoms with Crippen molar-refractivity contribution in [3.63, 3.8) is 0 Å². The number of carboxylic acids is 1. The van der Waals surface area contributed by atoms with Gasteiger partial charge >= 0.3 is 35.5 Å². The maximum Gasteiger partial charge on any atom is 1.00 e. The summed E-state index contributed by atoms with van der Waals surface area (Å²) in [5, 5.41) is 16.3. The fourth-order valence-corrected chi connectivity index (χ4v) is 4.96. The molecule has 0 bridgehead atoms. The predicted molar refractivity (Wildman–Crippen MR) is 148 cm³/mol. The first-order valence-corrected chi connectivity index (χ1v) is 12.5. The van der Waals surface area contributed by atoms with E-state index >= 15 is 0 Å². The van der Waals surface area contributed by atoms with Crippen LogP contribution in [0.4, 0.5) is 0 Å². The van der Waals surface area contributed by atoms with Gasteiger partial charge in [0.1, 0.15) is 23.8 Å². The molecule has 5 nitrogen and oxygen atoms in total. The largest absolute Gasteiger partial charge is 1.00 e. The zero-order valence-electron chi connectivity index (χ0n) is 22.2. The second-order valence-electron chi connectivity index (χ2n) is 8.99. The van der Waals surface area contributed by atoms with Gasteiger partial charge in [0.15, 0.2) is 0 Å². The Kier molecular flexibility index (Phi) is 8.86. The van der Waals surface area contributed by atoms with Gasteiger partial charge in [0.2, 0.25) is 0 Å². The van der Waals surface area contributed by atoms with Crippen molar-refractivity contribution in [1.29, 1.82) is 0 Å². The van der Waals surface area contributed by atoms with E-state index in [1.54, 1.807) is 30.3 Å². The first kappa shape index (κ1) is 28.2. The maximum absolute atomic E-state index is 11.5. The third kappa shape index (κ3) is 5.63. The predicted octanol–water partition coefficient (Wildman–Crippen LogP) is 5.99. The van der Waals surface area contributed by atoms with Crippen LogP contribution in [0.1, 0.15) is 42.9 Å². The van der Waals surface area contributed by atoms with Crippen LogP contribution >= 0.6 is 23.2 Å². The quantitative estimate of drug-likeness (QED) is 0.250. The molecule has 4 aromatic carbocycles. The van der Waals surface area contributed by atoms with Crippen LogP contribution in [0.3, 0.4) is 0 Å². The van der Waals surface area contributed by atoms with Crippen molar-refractivity contribution in [2.45, 2.75) is 26.4 Å². The molecule has 0 saturated heterocycles. The van der Waals surface area contributed by atoms with Gasteiger partial charge in [-0.05, 0) is 58.3 Å². The average Bonchev–Trinajstić information content (AvgIpc) is 3.30. The van der Waals surface area contributed by atoms with Gasteiger partial charge in [0.25, 0.3) is 0 Å². The Morgan fingerprint density at radius 3 is 2.29 bits per heavy atom. The third-order valence-corrected chi connectivity index (χ3v) is 6.85. The molecule has 0 saturated carbocycles. The van der Waals surface area contributed by atoms with Crippen molar-refractivity contribution < 1.29 is 50.1 Å². The summed E-state index contributed by atoms with van der Waals surface area (Å²) >= 11 is 12.9. The molecule has 5 aromatic rings. The van der Waals surface area contributed by atoms with Gasteiger partial charge in [-0.15, -0.1) is 0 Å². The van der Waals surface area contributed by atoms with Gasteiger partial charge in [-0.3, -0.25) is 0 Å². The minimum Gasteiger partial charge on any atom is -1.00 e. The van der Waals surface area contributed by atoms with Crippen LogP contribution in [-0.2, 0) is 6.61 Å². The van der Waals surface area contributed by atoms with Crippen molar-refractivity contribution in [3.8, 4) is 28.1 Å². The summed E-state index contributed by atoms with van der Waals surface area (Å²) in [6.45, 7) is 4.29. The molecular formula is C30H24Cl2NNaO4. The van der Waals surface area contributed by atoms with E-state index in [-0.39, 0.29) is 43.5 Å². The van der Waals surface area contributed by atoms with E-state index in [0.717, 1.165) is 27.8 Å². The molecule has 0 aliphatic rings. The topological polar surface area (TPSA) is 72.6 Å². The minimum atomic E-state index is -0.937.